The molecule has 1 heterocycles. The molecular weight excluding hydrogens is 451 g/mol. The van der Waals surface area contributed by atoms with Gasteiger partial charge in [0.15, 0.2) is 23.2 Å². The monoisotopic (exact) mass is 473 g/mol. The van der Waals surface area contributed by atoms with E-state index in [4.69, 9.17) is 4.74 Å². The third kappa shape index (κ3) is 5.53. The number of methoxy groups -OCH3 is 1. The van der Waals surface area contributed by atoms with Crippen LogP contribution in [0.4, 0.5) is 37.6 Å². The number of aromatic nitrogens is 2. The summed E-state index contributed by atoms with van der Waals surface area (Å²) >= 11 is 0. The first-order valence-corrected chi connectivity index (χ1v) is 12.2. The van der Waals surface area contributed by atoms with E-state index < -0.39 is 24.7 Å². The molecule has 3 aromatic rings. The molecule has 0 aliphatic carbocycles. The minimum Gasteiger partial charge on any atom is -0.492 e. The fraction of sp³-hybridized carbons (Fsp3) is 0.136. The zero-order valence-electron chi connectivity index (χ0n) is 18.1. The normalized spacial score (nSPS) is 10.9. The Morgan fingerprint density at radius 1 is 1.09 bits per heavy atom. The molecule has 2 aromatic carbocycles. The number of halogens is 2. The average molecular weight is 473 g/mol. The van der Waals surface area contributed by atoms with Crippen molar-refractivity contribution in [1.29, 1.82) is 0 Å². The number of amides is 1. The van der Waals surface area contributed by atoms with Crippen LogP contribution < -0.4 is 26.0 Å². The summed E-state index contributed by atoms with van der Waals surface area (Å²) in [4.78, 5) is 19.7. The van der Waals surface area contributed by atoms with Crippen LogP contribution in [0.15, 0.2) is 55.3 Å². The smallest absolute Gasteiger partial charge is 0.247 e. The summed E-state index contributed by atoms with van der Waals surface area (Å²) in [5, 5.41) is 8.57. The van der Waals surface area contributed by atoms with Gasteiger partial charge in [-0.1, -0.05) is 18.7 Å². The number of anilines is 5. The quantitative estimate of drug-likeness (QED) is 0.324. The number of nitrogens with zero attached hydrogens (tertiary/aromatic N) is 2. The molecule has 0 saturated carbocycles. The van der Waals surface area contributed by atoms with Crippen molar-refractivity contribution in [2.75, 3.05) is 36.4 Å². The molecule has 0 atom stereocenters. The first-order valence-electron chi connectivity index (χ1n) is 9.65. The summed E-state index contributed by atoms with van der Waals surface area (Å²) < 4.78 is 46.6. The Labute approximate surface area is 189 Å². The van der Waals surface area contributed by atoms with E-state index in [1.54, 1.807) is 37.6 Å². The van der Waals surface area contributed by atoms with Crippen molar-refractivity contribution in [3.63, 3.8) is 0 Å². The van der Waals surface area contributed by atoms with E-state index in [9.17, 15) is 18.1 Å². The number of ether oxygens (including phenoxy) is 1. The number of para-hydroxylation sites is 1. The van der Waals surface area contributed by atoms with Crippen molar-refractivity contribution < 1.29 is 22.9 Å². The lowest BCUT2D eigenvalue weighted by Gasteiger charge is -2.17. The number of nitrogens with one attached hydrogen (secondary N) is 3. The predicted octanol–water partition coefficient (Wildman–Crippen LogP) is 4.62. The highest BCUT2D eigenvalue weighted by molar-refractivity contribution is 7.70. The summed E-state index contributed by atoms with van der Waals surface area (Å²) in [6.07, 6.45) is 1.94. The summed E-state index contributed by atoms with van der Waals surface area (Å²) in [5.41, 5.74) is 0.467. The van der Waals surface area contributed by atoms with Gasteiger partial charge in [-0.2, -0.15) is 4.98 Å². The molecule has 0 radical (unpaired) electrons. The van der Waals surface area contributed by atoms with Gasteiger partial charge in [-0.3, -0.25) is 4.79 Å². The van der Waals surface area contributed by atoms with Crippen LogP contribution >= 0.6 is 7.14 Å². The second-order valence-electron chi connectivity index (χ2n) is 7.20. The van der Waals surface area contributed by atoms with Crippen molar-refractivity contribution in [1.82, 2.24) is 9.97 Å². The lowest BCUT2D eigenvalue weighted by atomic mass is 10.2. The molecule has 11 heteroatoms. The Morgan fingerprint density at radius 2 is 1.82 bits per heavy atom. The molecule has 1 amide bonds. The molecule has 3 N–H and O–H groups in total. The van der Waals surface area contributed by atoms with E-state index in [1.165, 1.54) is 13.2 Å². The third-order valence-corrected chi connectivity index (χ3v) is 6.02. The number of carbonyl (C=O) groups is 1. The molecule has 0 unspecified atom stereocenters. The molecule has 8 nitrogen and oxygen atoms in total. The standard InChI is InChI=1S/C22H22F2N5O3P/c1-5-18(30)28-19-13(23)10-11-16(20(19)32-2)27-22-25-12-14(24)21(29-22)26-15-8-6-7-9-17(15)33(3,4)31/h5-12H,1H2,2-4H3,(H,28,30)(H2,25,26,27,29). The highest BCUT2D eigenvalue weighted by Gasteiger charge is 2.19. The molecule has 0 aliphatic rings. The Morgan fingerprint density at radius 3 is 2.48 bits per heavy atom. The van der Waals surface area contributed by atoms with Crippen LogP contribution in [0, 0.1) is 11.6 Å². The summed E-state index contributed by atoms with van der Waals surface area (Å²) in [6.45, 7) is 6.56. The molecule has 0 aliphatic heterocycles. The second kappa shape index (κ2) is 9.79. The largest absolute Gasteiger partial charge is 0.492 e. The number of hydrogen-bond acceptors (Lipinski definition) is 7. The molecule has 33 heavy (non-hydrogen) atoms. The van der Waals surface area contributed by atoms with Gasteiger partial charge in [-0.15, -0.1) is 0 Å². The van der Waals surface area contributed by atoms with Crippen molar-refractivity contribution in [2.24, 2.45) is 0 Å². The van der Waals surface area contributed by atoms with E-state index in [0.29, 0.717) is 11.0 Å². The summed E-state index contributed by atoms with van der Waals surface area (Å²) in [7, 11) is -1.35. The van der Waals surface area contributed by atoms with E-state index in [0.717, 1.165) is 18.3 Å². The van der Waals surface area contributed by atoms with Gasteiger partial charge in [0, 0.05) is 5.30 Å². The van der Waals surface area contributed by atoms with Crippen LogP contribution in [-0.4, -0.2) is 36.3 Å². The first kappa shape index (κ1) is 23.9. The van der Waals surface area contributed by atoms with Crippen molar-refractivity contribution in [2.45, 2.75) is 0 Å². The summed E-state index contributed by atoms with van der Waals surface area (Å²) in [5.74, 6) is -2.29. The van der Waals surface area contributed by atoms with E-state index in [-0.39, 0.29) is 28.9 Å². The minimum atomic E-state index is -2.65. The molecule has 1 aromatic heterocycles. The number of carbonyl (C=O) groups excluding carboxylic acids is 1. The van der Waals surface area contributed by atoms with E-state index in [1.807, 2.05) is 0 Å². The fourth-order valence-electron chi connectivity index (χ4n) is 2.97. The fourth-order valence-corrected chi connectivity index (χ4v) is 4.13. The number of hydrogen-bond donors (Lipinski definition) is 3. The maximum atomic E-state index is 14.5. The minimum absolute atomic E-state index is 0.0177. The predicted molar refractivity (Wildman–Crippen MR) is 126 cm³/mol. The van der Waals surface area contributed by atoms with Crippen molar-refractivity contribution in [3.05, 3.63) is 66.9 Å². The van der Waals surface area contributed by atoms with Crippen molar-refractivity contribution >= 4 is 47.2 Å². The van der Waals surface area contributed by atoms with Crippen LogP contribution in [-0.2, 0) is 9.36 Å². The Kier molecular flexibility index (Phi) is 7.08. The second-order valence-corrected chi connectivity index (χ2v) is 10.4. The van der Waals surface area contributed by atoms with Gasteiger partial charge in [0.1, 0.15) is 12.8 Å². The topological polar surface area (TPSA) is 105 Å². The molecule has 0 bridgehead atoms. The zero-order valence-corrected chi connectivity index (χ0v) is 19.0. The maximum Gasteiger partial charge on any atom is 0.247 e. The lowest BCUT2D eigenvalue weighted by Crippen LogP contribution is -2.12. The van der Waals surface area contributed by atoms with E-state index >= 15 is 0 Å². The average Bonchev–Trinajstić information content (AvgIpc) is 2.78. The molecular formula is C22H22F2N5O3P. The third-order valence-electron chi connectivity index (χ3n) is 4.47. The Balaban J connectivity index is 1.96. The highest BCUT2D eigenvalue weighted by atomic mass is 31.2. The van der Waals surface area contributed by atoms with Crippen LogP contribution in [0.25, 0.3) is 0 Å². The maximum absolute atomic E-state index is 14.5. The van der Waals surface area contributed by atoms with Crippen LogP contribution in [0.5, 0.6) is 5.75 Å². The Bertz CT molecular complexity index is 1260. The van der Waals surface area contributed by atoms with Gasteiger partial charge in [0.05, 0.1) is 24.7 Å². The number of benzene rings is 2. The molecule has 0 saturated heterocycles. The van der Waals surface area contributed by atoms with Gasteiger partial charge < -0.3 is 25.3 Å². The SMILES string of the molecule is C=CC(=O)Nc1c(F)ccc(Nc2ncc(F)c(Nc3ccccc3P(C)(C)=O)n2)c1OC. The lowest BCUT2D eigenvalue weighted by molar-refractivity contribution is -0.111. The zero-order chi connectivity index (χ0) is 24.2. The molecule has 3 rings (SSSR count). The van der Waals surface area contributed by atoms with Crippen LogP contribution in [0.2, 0.25) is 0 Å². The Hall–Kier alpha value is -3.78. The molecule has 172 valence electrons. The van der Waals surface area contributed by atoms with Crippen LogP contribution in [0.3, 0.4) is 0 Å². The molecule has 0 fully saturated rings. The number of rotatable bonds is 8. The van der Waals surface area contributed by atoms with E-state index in [2.05, 4.69) is 32.5 Å². The van der Waals surface area contributed by atoms with Gasteiger partial charge in [0.25, 0.3) is 0 Å². The molecule has 0 spiro atoms. The van der Waals surface area contributed by atoms with Gasteiger partial charge in [0.2, 0.25) is 11.9 Å². The van der Waals surface area contributed by atoms with Gasteiger partial charge >= 0.3 is 0 Å². The van der Waals surface area contributed by atoms with Crippen LogP contribution in [0.1, 0.15) is 0 Å². The first-order chi connectivity index (χ1) is 15.6. The van der Waals surface area contributed by atoms with Crippen molar-refractivity contribution in [3.8, 4) is 5.75 Å². The van der Waals surface area contributed by atoms with Gasteiger partial charge in [-0.05, 0) is 43.7 Å². The highest BCUT2D eigenvalue weighted by Crippen LogP contribution is 2.39. The summed E-state index contributed by atoms with van der Waals surface area (Å²) in [6, 6.07) is 9.31. The van der Waals surface area contributed by atoms with Gasteiger partial charge in [-0.25, -0.2) is 13.8 Å².